The molecule has 5 heteroatoms. The maximum atomic E-state index is 6.41. The van der Waals surface area contributed by atoms with Crippen molar-refractivity contribution in [2.45, 2.75) is 45.4 Å². The molecular formula is C19H22ClN3S. The predicted molar refractivity (Wildman–Crippen MR) is 104 cm³/mol. The van der Waals surface area contributed by atoms with Gasteiger partial charge in [-0.3, -0.25) is 4.57 Å². The van der Waals surface area contributed by atoms with Gasteiger partial charge in [-0.25, -0.2) is 9.97 Å². The monoisotopic (exact) mass is 359 g/mol. The largest absolute Gasteiger partial charge is 0.297 e. The Balaban J connectivity index is 2.37. The summed E-state index contributed by atoms with van der Waals surface area (Å²) in [4.78, 5) is 10.3. The maximum absolute atomic E-state index is 6.41. The number of thioether (sulfide) groups is 1. The lowest BCUT2D eigenvalue weighted by molar-refractivity contribution is 0.858. The zero-order valence-corrected chi connectivity index (χ0v) is 16.5. The Bertz CT molecular complexity index is 928. The average molecular weight is 360 g/mol. The van der Waals surface area contributed by atoms with Gasteiger partial charge in [-0.15, -0.1) is 11.8 Å². The number of nitrogens with zero attached hydrogens (tertiary/aromatic N) is 3. The summed E-state index contributed by atoms with van der Waals surface area (Å²) in [7, 11) is 0. The number of halogens is 1. The van der Waals surface area contributed by atoms with Gasteiger partial charge in [0.15, 0.2) is 0 Å². The van der Waals surface area contributed by atoms with E-state index in [1.165, 1.54) is 10.5 Å². The number of benzene rings is 1. The fraction of sp³-hybridized carbons (Fsp3) is 0.368. The summed E-state index contributed by atoms with van der Waals surface area (Å²) >= 11 is 8.17. The van der Waals surface area contributed by atoms with Gasteiger partial charge >= 0.3 is 0 Å². The molecule has 24 heavy (non-hydrogen) atoms. The van der Waals surface area contributed by atoms with Crippen molar-refractivity contribution in [3.63, 3.8) is 0 Å². The van der Waals surface area contributed by atoms with E-state index in [2.05, 4.69) is 66.7 Å². The molecule has 0 unspecified atom stereocenters. The van der Waals surface area contributed by atoms with E-state index in [1.807, 2.05) is 6.92 Å². The minimum Gasteiger partial charge on any atom is -0.297 e. The van der Waals surface area contributed by atoms with Gasteiger partial charge < -0.3 is 0 Å². The number of aromatic nitrogens is 3. The van der Waals surface area contributed by atoms with Crippen LogP contribution in [0.15, 0.2) is 23.1 Å². The number of rotatable bonds is 3. The van der Waals surface area contributed by atoms with Crippen LogP contribution in [0.1, 0.15) is 42.4 Å². The molecule has 1 aromatic carbocycles. The molecule has 0 aliphatic carbocycles. The van der Waals surface area contributed by atoms with Crippen LogP contribution in [-0.2, 0) is 0 Å². The van der Waals surface area contributed by atoms with Crippen LogP contribution in [0.3, 0.4) is 0 Å². The maximum Gasteiger partial charge on any atom is 0.150 e. The Hall–Kier alpha value is -1.52. The lowest BCUT2D eigenvalue weighted by atomic mass is 10.0. The van der Waals surface area contributed by atoms with E-state index in [-0.39, 0.29) is 0 Å². The molecule has 0 bridgehead atoms. The molecule has 2 heterocycles. The van der Waals surface area contributed by atoms with E-state index in [4.69, 9.17) is 11.6 Å². The van der Waals surface area contributed by atoms with Crippen LogP contribution in [0, 0.1) is 20.8 Å². The second-order valence-corrected chi connectivity index (χ2v) is 7.60. The van der Waals surface area contributed by atoms with Crippen molar-refractivity contribution in [3.8, 4) is 5.69 Å². The molecule has 0 fully saturated rings. The highest BCUT2D eigenvalue weighted by molar-refractivity contribution is 7.98. The molecule has 0 atom stereocenters. The third kappa shape index (κ3) is 2.72. The topological polar surface area (TPSA) is 30.7 Å². The standard InChI is InChI=1S/C19H22ClN3S/c1-10(2)14-7-8-15(16(9-14)24-6)23-12(4)11(3)17-18(20)21-13(5)22-19(17)23/h7-10H,1-6H3. The summed E-state index contributed by atoms with van der Waals surface area (Å²) in [5.74, 6) is 1.20. The van der Waals surface area contributed by atoms with Crippen molar-refractivity contribution in [1.29, 1.82) is 0 Å². The smallest absolute Gasteiger partial charge is 0.150 e. The van der Waals surface area contributed by atoms with Crippen LogP contribution < -0.4 is 0 Å². The van der Waals surface area contributed by atoms with E-state index >= 15 is 0 Å². The van der Waals surface area contributed by atoms with E-state index in [0.29, 0.717) is 16.9 Å². The van der Waals surface area contributed by atoms with Gasteiger partial charge in [0.25, 0.3) is 0 Å². The molecule has 0 saturated carbocycles. The third-order valence-electron chi connectivity index (χ3n) is 4.53. The van der Waals surface area contributed by atoms with Gasteiger partial charge in [-0.05, 0) is 56.2 Å². The Labute approximate surface area is 152 Å². The number of hydrogen-bond donors (Lipinski definition) is 0. The SMILES string of the molecule is CSc1cc(C(C)C)ccc1-n1c(C)c(C)c2c(Cl)nc(C)nc21. The molecule has 3 nitrogen and oxygen atoms in total. The minimum absolute atomic E-state index is 0.508. The summed E-state index contributed by atoms with van der Waals surface area (Å²) < 4.78 is 2.21. The molecule has 0 N–H and O–H groups in total. The first-order valence-electron chi connectivity index (χ1n) is 8.05. The Morgan fingerprint density at radius 3 is 2.46 bits per heavy atom. The van der Waals surface area contributed by atoms with Crippen molar-refractivity contribution in [3.05, 3.63) is 46.0 Å². The molecule has 0 spiro atoms. The van der Waals surface area contributed by atoms with Crippen molar-refractivity contribution in [2.75, 3.05) is 6.26 Å². The van der Waals surface area contributed by atoms with Crippen molar-refractivity contribution in [2.24, 2.45) is 0 Å². The van der Waals surface area contributed by atoms with Gasteiger partial charge in [0.2, 0.25) is 0 Å². The highest BCUT2D eigenvalue weighted by atomic mass is 35.5. The van der Waals surface area contributed by atoms with Crippen LogP contribution in [0.4, 0.5) is 0 Å². The molecule has 3 rings (SSSR count). The molecule has 0 radical (unpaired) electrons. The van der Waals surface area contributed by atoms with Crippen molar-refractivity contribution in [1.82, 2.24) is 14.5 Å². The summed E-state index contributed by atoms with van der Waals surface area (Å²) in [6, 6.07) is 6.68. The Morgan fingerprint density at radius 2 is 1.83 bits per heavy atom. The van der Waals surface area contributed by atoms with Gasteiger partial charge in [0.05, 0.1) is 11.1 Å². The number of hydrogen-bond acceptors (Lipinski definition) is 3. The fourth-order valence-electron chi connectivity index (χ4n) is 3.05. The number of fused-ring (bicyclic) bond motifs is 1. The molecule has 0 aliphatic rings. The lowest BCUT2D eigenvalue weighted by Gasteiger charge is -2.15. The van der Waals surface area contributed by atoms with E-state index in [9.17, 15) is 0 Å². The summed E-state index contributed by atoms with van der Waals surface area (Å²) in [5, 5.41) is 1.47. The zero-order valence-electron chi connectivity index (χ0n) is 14.9. The Kier molecular flexibility index (Phi) is 4.63. The Morgan fingerprint density at radius 1 is 1.12 bits per heavy atom. The first kappa shape index (κ1) is 17.3. The van der Waals surface area contributed by atoms with E-state index < -0.39 is 0 Å². The summed E-state index contributed by atoms with van der Waals surface area (Å²) in [6.45, 7) is 10.5. The summed E-state index contributed by atoms with van der Waals surface area (Å²) in [6.07, 6.45) is 2.12. The third-order valence-corrected chi connectivity index (χ3v) is 5.57. The van der Waals surface area contributed by atoms with Crippen LogP contribution in [0.2, 0.25) is 5.15 Å². The van der Waals surface area contributed by atoms with E-state index in [1.54, 1.807) is 11.8 Å². The first-order valence-corrected chi connectivity index (χ1v) is 9.65. The van der Waals surface area contributed by atoms with Crippen LogP contribution in [0.25, 0.3) is 16.7 Å². The van der Waals surface area contributed by atoms with Crippen LogP contribution >= 0.6 is 23.4 Å². The highest BCUT2D eigenvalue weighted by Crippen LogP contribution is 2.35. The zero-order chi connectivity index (χ0) is 17.6. The van der Waals surface area contributed by atoms with Gasteiger partial charge in [0.1, 0.15) is 16.6 Å². The normalized spacial score (nSPS) is 11.7. The fourth-order valence-corrected chi connectivity index (χ4v) is 4.02. The molecule has 0 amide bonds. The first-order chi connectivity index (χ1) is 11.3. The molecular weight excluding hydrogens is 338 g/mol. The molecule has 3 aromatic rings. The molecule has 2 aromatic heterocycles. The number of aryl methyl sites for hydroxylation is 2. The van der Waals surface area contributed by atoms with Gasteiger partial charge in [-0.2, -0.15) is 0 Å². The summed E-state index contributed by atoms with van der Waals surface area (Å²) in [5.41, 5.74) is 5.67. The van der Waals surface area contributed by atoms with Crippen LogP contribution in [-0.4, -0.2) is 20.8 Å². The van der Waals surface area contributed by atoms with Crippen molar-refractivity contribution >= 4 is 34.4 Å². The highest BCUT2D eigenvalue weighted by Gasteiger charge is 2.19. The lowest BCUT2D eigenvalue weighted by Crippen LogP contribution is -2.02. The molecule has 0 saturated heterocycles. The van der Waals surface area contributed by atoms with Gasteiger partial charge in [0, 0.05) is 10.6 Å². The average Bonchev–Trinajstić information content (AvgIpc) is 2.78. The van der Waals surface area contributed by atoms with Crippen molar-refractivity contribution < 1.29 is 0 Å². The molecule has 0 aliphatic heterocycles. The second kappa shape index (κ2) is 6.41. The second-order valence-electron chi connectivity index (χ2n) is 6.39. The van der Waals surface area contributed by atoms with Gasteiger partial charge in [-0.1, -0.05) is 31.5 Å². The predicted octanol–water partition coefficient (Wildman–Crippen LogP) is 5.84. The minimum atomic E-state index is 0.508. The quantitative estimate of drug-likeness (QED) is 0.434. The van der Waals surface area contributed by atoms with Crippen LogP contribution in [0.5, 0.6) is 0 Å². The van der Waals surface area contributed by atoms with E-state index in [0.717, 1.165) is 28.0 Å². The molecule has 126 valence electrons.